The van der Waals surface area contributed by atoms with Crippen LogP contribution in [0.5, 0.6) is 0 Å². The number of allylic oxidation sites excluding steroid dienone is 1. The molecule has 9 aromatic rings. The highest BCUT2D eigenvalue weighted by molar-refractivity contribution is 6.55. The predicted molar refractivity (Wildman–Crippen MR) is 222 cm³/mol. The van der Waals surface area contributed by atoms with Gasteiger partial charge in [-0.05, 0) is 88.1 Å². The number of aromatic nitrogens is 2. The van der Waals surface area contributed by atoms with E-state index in [4.69, 9.17) is 19.8 Å². The third-order valence-electron chi connectivity index (χ3n) is 9.98. The zero-order chi connectivity index (χ0) is 36.0. The molecule has 2 aromatic heterocycles. The summed E-state index contributed by atoms with van der Waals surface area (Å²) in [5, 5.41) is 17.8. The fraction of sp³-hybridized carbons (Fsp3) is 0. The highest BCUT2D eigenvalue weighted by atomic mass is 16.3. The number of benzene rings is 7. The Balaban J connectivity index is 1.09. The summed E-state index contributed by atoms with van der Waals surface area (Å²) in [7, 11) is 0. The van der Waals surface area contributed by atoms with Crippen LogP contribution in [0.15, 0.2) is 179 Å². The van der Waals surface area contributed by atoms with Gasteiger partial charge in [0.15, 0.2) is 5.82 Å². The van der Waals surface area contributed by atoms with Crippen molar-refractivity contribution in [1.82, 2.24) is 9.97 Å². The van der Waals surface area contributed by atoms with Crippen molar-refractivity contribution in [2.24, 2.45) is 5.10 Å². The summed E-state index contributed by atoms with van der Waals surface area (Å²) >= 11 is 0. The number of hydrogen-bond donors (Lipinski definition) is 2. The Labute approximate surface area is 311 Å². The highest BCUT2D eigenvalue weighted by Crippen LogP contribution is 2.36. The molecule has 0 bridgehead atoms. The van der Waals surface area contributed by atoms with Crippen LogP contribution in [-0.2, 0) is 0 Å². The summed E-state index contributed by atoms with van der Waals surface area (Å²) < 4.78 is 6.15. The average Bonchev–Trinajstić information content (AvgIpc) is 3.62. The largest absolute Gasteiger partial charge is 0.456 e. The van der Waals surface area contributed by atoms with Gasteiger partial charge in [-0.3, -0.25) is 10.8 Å². The van der Waals surface area contributed by atoms with E-state index >= 15 is 0 Å². The summed E-state index contributed by atoms with van der Waals surface area (Å²) in [6.45, 7) is 0. The van der Waals surface area contributed by atoms with Crippen molar-refractivity contribution < 1.29 is 4.42 Å². The minimum atomic E-state index is 0.371. The Hall–Kier alpha value is -7.44. The van der Waals surface area contributed by atoms with Crippen LogP contribution in [0.2, 0.25) is 0 Å². The van der Waals surface area contributed by atoms with Crippen LogP contribution in [0, 0.1) is 5.41 Å². The van der Waals surface area contributed by atoms with Gasteiger partial charge >= 0.3 is 0 Å². The Bertz CT molecular complexity index is 2980. The van der Waals surface area contributed by atoms with Crippen LogP contribution in [0.1, 0.15) is 11.1 Å². The first-order valence-corrected chi connectivity index (χ1v) is 17.8. The number of hydrogen-bond acceptors (Lipinski definition) is 6. The van der Waals surface area contributed by atoms with Crippen molar-refractivity contribution in [1.29, 1.82) is 5.41 Å². The maximum atomic E-state index is 9.16. The van der Waals surface area contributed by atoms with Crippen LogP contribution in [-0.4, -0.2) is 21.4 Å². The fourth-order valence-corrected chi connectivity index (χ4v) is 7.26. The van der Waals surface area contributed by atoms with Crippen molar-refractivity contribution in [3.63, 3.8) is 0 Å². The van der Waals surface area contributed by atoms with Gasteiger partial charge in [-0.2, -0.15) is 5.10 Å². The zero-order valence-corrected chi connectivity index (χ0v) is 29.0. The smallest absolute Gasteiger partial charge is 0.160 e. The molecule has 254 valence electrons. The second-order valence-electron chi connectivity index (χ2n) is 13.4. The Morgan fingerprint density at radius 3 is 2.06 bits per heavy atom. The van der Waals surface area contributed by atoms with Crippen molar-refractivity contribution >= 4 is 55.9 Å². The average molecular weight is 694 g/mol. The van der Waals surface area contributed by atoms with Gasteiger partial charge in [-0.1, -0.05) is 115 Å². The number of fused-ring (bicyclic) bond motifs is 6. The number of para-hydroxylation sites is 2. The molecular formula is C48H31N5O. The lowest BCUT2D eigenvalue weighted by Gasteiger charge is -2.17. The Kier molecular flexibility index (Phi) is 7.51. The van der Waals surface area contributed by atoms with E-state index in [1.54, 1.807) is 0 Å². The van der Waals surface area contributed by atoms with E-state index in [2.05, 4.69) is 114 Å². The summed E-state index contributed by atoms with van der Waals surface area (Å²) in [5.41, 5.74) is 15.2. The minimum Gasteiger partial charge on any atom is -0.456 e. The van der Waals surface area contributed by atoms with E-state index in [0.29, 0.717) is 17.2 Å². The first-order valence-electron chi connectivity index (χ1n) is 17.8. The van der Waals surface area contributed by atoms with E-state index in [9.17, 15) is 0 Å². The second kappa shape index (κ2) is 13.0. The van der Waals surface area contributed by atoms with Gasteiger partial charge in [0.05, 0.1) is 22.8 Å². The summed E-state index contributed by atoms with van der Waals surface area (Å²) in [4.78, 5) is 10.4. The number of anilines is 1. The molecule has 6 heteroatoms. The van der Waals surface area contributed by atoms with E-state index in [1.165, 1.54) is 0 Å². The standard InChI is InChI=1S/C48H31N5O/c49-47-41(53-52-37-14-5-2-6-15-37)24-21-31-18-19-33-27-36(20-23-38(33)46(31)47)48-50-42(34-13-9-12-32(26-34)30-10-3-1-4-11-30)29-43(51-48)35-22-25-45-40(28-35)39-16-7-8-17-44(39)54-45/h1-29,49,52H/b49-47?,53-41-. The van der Waals surface area contributed by atoms with Crippen LogP contribution in [0.4, 0.5) is 5.69 Å². The van der Waals surface area contributed by atoms with Crippen molar-refractivity contribution in [2.75, 3.05) is 5.43 Å². The Morgan fingerprint density at radius 1 is 0.500 bits per heavy atom. The van der Waals surface area contributed by atoms with Crippen LogP contribution < -0.4 is 5.43 Å². The molecule has 10 rings (SSSR count). The Morgan fingerprint density at radius 2 is 1.20 bits per heavy atom. The molecular weight excluding hydrogens is 663 g/mol. The molecule has 1 aliphatic rings. The first kappa shape index (κ1) is 31.3. The molecule has 0 radical (unpaired) electrons. The number of hydrazone groups is 1. The van der Waals surface area contributed by atoms with E-state index < -0.39 is 0 Å². The molecule has 7 aromatic carbocycles. The third kappa shape index (κ3) is 5.63. The molecule has 2 heterocycles. The van der Waals surface area contributed by atoms with Crippen molar-refractivity contribution in [2.45, 2.75) is 0 Å². The topological polar surface area (TPSA) is 87.2 Å². The molecule has 0 fully saturated rings. The normalized spacial score (nSPS) is 13.2. The number of furan rings is 1. The number of rotatable bonds is 6. The molecule has 0 amide bonds. The number of nitrogens with zero attached hydrogens (tertiary/aromatic N) is 3. The van der Waals surface area contributed by atoms with Gasteiger partial charge in [-0.25, -0.2) is 9.97 Å². The summed E-state index contributed by atoms with van der Waals surface area (Å²) in [6, 6.07) is 55.5. The molecule has 2 N–H and O–H groups in total. The predicted octanol–water partition coefficient (Wildman–Crippen LogP) is 12.1. The maximum Gasteiger partial charge on any atom is 0.160 e. The van der Waals surface area contributed by atoms with Gasteiger partial charge in [0, 0.05) is 33.0 Å². The lowest BCUT2D eigenvalue weighted by molar-refractivity contribution is 0.669. The molecule has 0 saturated carbocycles. The van der Waals surface area contributed by atoms with Crippen molar-refractivity contribution in [3.05, 3.63) is 181 Å². The van der Waals surface area contributed by atoms with E-state index in [-0.39, 0.29) is 0 Å². The zero-order valence-electron chi connectivity index (χ0n) is 29.0. The van der Waals surface area contributed by atoms with Gasteiger partial charge in [0.2, 0.25) is 0 Å². The van der Waals surface area contributed by atoms with Crippen molar-refractivity contribution in [3.8, 4) is 45.0 Å². The second-order valence-corrected chi connectivity index (χ2v) is 13.4. The van der Waals surface area contributed by atoms with Crippen LogP contribution in [0.3, 0.4) is 0 Å². The maximum absolute atomic E-state index is 9.16. The van der Waals surface area contributed by atoms with Gasteiger partial charge in [0.25, 0.3) is 0 Å². The molecule has 54 heavy (non-hydrogen) atoms. The lowest BCUT2D eigenvalue weighted by Crippen LogP contribution is -2.18. The summed E-state index contributed by atoms with van der Waals surface area (Å²) in [5.74, 6) is 0.619. The van der Waals surface area contributed by atoms with Gasteiger partial charge in [0.1, 0.15) is 16.9 Å². The van der Waals surface area contributed by atoms with E-state index in [0.717, 1.165) is 88.7 Å². The fourth-order valence-electron chi connectivity index (χ4n) is 7.26. The molecule has 1 aliphatic carbocycles. The first-order chi connectivity index (χ1) is 26.6. The van der Waals surface area contributed by atoms with Gasteiger partial charge < -0.3 is 4.42 Å². The highest BCUT2D eigenvalue weighted by Gasteiger charge is 2.20. The summed E-state index contributed by atoms with van der Waals surface area (Å²) in [6.07, 6.45) is 3.91. The molecule has 0 spiro atoms. The molecule has 0 saturated heterocycles. The van der Waals surface area contributed by atoms with Crippen LogP contribution >= 0.6 is 0 Å². The molecule has 6 nitrogen and oxygen atoms in total. The SMILES string of the molecule is N=C1/C(=N\Nc2ccccc2)C=Cc2ccc3cc(-c4nc(-c5cccc(-c6ccccc6)c5)cc(-c5ccc6oc7ccccc7c6c5)n4)ccc3c21. The molecule has 0 unspecified atom stereocenters. The molecule has 0 atom stereocenters. The third-order valence-corrected chi connectivity index (χ3v) is 9.98. The number of nitrogens with one attached hydrogen (secondary N) is 2. The van der Waals surface area contributed by atoms with E-state index in [1.807, 2.05) is 72.8 Å². The quantitative estimate of drug-likeness (QED) is 0.170. The van der Waals surface area contributed by atoms with Gasteiger partial charge in [-0.15, -0.1) is 0 Å². The molecule has 0 aliphatic heterocycles. The lowest BCUT2D eigenvalue weighted by atomic mass is 9.89. The monoisotopic (exact) mass is 693 g/mol. The minimum absolute atomic E-state index is 0.371. The van der Waals surface area contributed by atoms with Crippen LogP contribution in [0.25, 0.3) is 83.8 Å².